The normalized spacial score (nSPS) is 35.3. The fourth-order valence-corrected chi connectivity index (χ4v) is 5.92. The molecule has 0 spiro atoms. The molecule has 4 aliphatic carbocycles. The molecule has 0 amide bonds. The van der Waals surface area contributed by atoms with Gasteiger partial charge in [-0.25, -0.2) is 0 Å². The van der Waals surface area contributed by atoms with E-state index in [0.717, 1.165) is 30.8 Å². The van der Waals surface area contributed by atoms with Gasteiger partial charge in [-0.15, -0.1) is 0 Å². The molecular formula is C19H30N2O. The van der Waals surface area contributed by atoms with Crippen molar-refractivity contribution >= 4 is 5.69 Å². The Bertz CT molecular complexity index is 471. The van der Waals surface area contributed by atoms with Crippen molar-refractivity contribution in [2.45, 2.75) is 57.9 Å². The molecule has 0 radical (unpaired) electrons. The molecule has 1 aromatic heterocycles. The number of pyridine rings is 1. The third-order valence-corrected chi connectivity index (χ3v) is 6.49. The van der Waals surface area contributed by atoms with Crippen LogP contribution >= 0.6 is 0 Å². The highest BCUT2D eigenvalue weighted by Crippen LogP contribution is 2.56. The van der Waals surface area contributed by atoms with Crippen LogP contribution in [0.15, 0.2) is 24.5 Å². The Morgan fingerprint density at radius 1 is 0.955 bits per heavy atom. The molecule has 0 unspecified atom stereocenters. The molecule has 4 aliphatic rings. The molecule has 0 atom stereocenters. The fourth-order valence-electron chi connectivity index (χ4n) is 5.92. The predicted octanol–water partition coefficient (Wildman–Crippen LogP) is 3.57. The second-order valence-electron chi connectivity index (χ2n) is 7.78. The molecule has 4 bridgehead atoms. The highest BCUT2D eigenvalue weighted by Gasteiger charge is 2.56. The largest absolute Gasteiger partial charge is 0.870 e. The van der Waals surface area contributed by atoms with Gasteiger partial charge in [-0.1, -0.05) is 0 Å². The number of nitrogens with zero attached hydrogens (tertiary/aromatic N) is 2. The van der Waals surface area contributed by atoms with Gasteiger partial charge in [-0.2, -0.15) is 4.57 Å². The molecular weight excluding hydrogens is 272 g/mol. The smallest absolute Gasteiger partial charge is 0.171 e. The van der Waals surface area contributed by atoms with Crippen LogP contribution in [0, 0.1) is 17.8 Å². The zero-order valence-electron chi connectivity index (χ0n) is 14.0. The average Bonchev–Trinajstić information content (AvgIpc) is 2.48. The Morgan fingerprint density at radius 3 is 1.82 bits per heavy atom. The zero-order valence-corrected chi connectivity index (χ0v) is 14.0. The summed E-state index contributed by atoms with van der Waals surface area (Å²) in [4.78, 5) is 2.43. The van der Waals surface area contributed by atoms with Crippen LogP contribution in [-0.4, -0.2) is 18.6 Å². The number of hydrogen-bond acceptors (Lipinski definition) is 2. The van der Waals surface area contributed by atoms with E-state index in [0.29, 0.717) is 5.54 Å². The van der Waals surface area contributed by atoms with E-state index in [1.807, 2.05) is 0 Å². The van der Waals surface area contributed by atoms with E-state index in [2.05, 4.69) is 47.8 Å². The first kappa shape index (κ1) is 15.8. The zero-order chi connectivity index (χ0) is 14.4. The van der Waals surface area contributed by atoms with Gasteiger partial charge >= 0.3 is 0 Å². The first-order chi connectivity index (χ1) is 10.2. The van der Waals surface area contributed by atoms with Crippen LogP contribution in [0.4, 0.5) is 5.69 Å². The molecule has 1 N–H and O–H groups in total. The van der Waals surface area contributed by atoms with Gasteiger partial charge < -0.3 is 10.4 Å². The topological polar surface area (TPSA) is 37.1 Å². The summed E-state index contributed by atoms with van der Waals surface area (Å²) in [6.45, 7) is 6.67. The van der Waals surface area contributed by atoms with E-state index in [4.69, 9.17) is 0 Å². The predicted molar refractivity (Wildman–Crippen MR) is 88.3 cm³/mol. The van der Waals surface area contributed by atoms with Crippen molar-refractivity contribution in [3.8, 4) is 0 Å². The van der Waals surface area contributed by atoms with E-state index in [-0.39, 0.29) is 5.48 Å². The molecule has 3 heteroatoms. The van der Waals surface area contributed by atoms with E-state index in [9.17, 15) is 0 Å². The highest BCUT2D eigenvalue weighted by atomic mass is 16.0. The summed E-state index contributed by atoms with van der Waals surface area (Å²) < 4.78 is 2.59. The van der Waals surface area contributed by atoms with E-state index in [1.54, 1.807) is 0 Å². The lowest BCUT2D eigenvalue weighted by Gasteiger charge is -2.53. The molecule has 1 aromatic rings. The maximum Gasteiger partial charge on any atom is 0.171 e. The van der Waals surface area contributed by atoms with Crippen molar-refractivity contribution in [2.24, 2.45) is 17.8 Å². The number of hydrogen-bond donors (Lipinski definition) is 0. The summed E-state index contributed by atoms with van der Waals surface area (Å²) in [5.41, 5.74) is 1.84. The van der Waals surface area contributed by atoms with Gasteiger partial charge in [0.05, 0.1) is 0 Å². The lowest BCUT2D eigenvalue weighted by molar-refractivity contribution is -0.776. The Balaban J connectivity index is 0.00000144. The van der Waals surface area contributed by atoms with Crippen LogP contribution in [0.1, 0.15) is 52.4 Å². The minimum atomic E-state index is 0. The minimum absolute atomic E-state index is 0. The Labute approximate surface area is 134 Å². The first-order valence-corrected chi connectivity index (χ1v) is 8.99. The van der Waals surface area contributed by atoms with Gasteiger partial charge in [-0.05, 0) is 50.9 Å². The molecule has 1 heterocycles. The average molecular weight is 302 g/mol. The van der Waals surface area contributed by atoms with Crippen LogP contribution in [-0.2, 0) is 5.54 Å². The third-order valence-electron chi connectivity index (χ3n) is 6.49. The van der Waals surface area contributed by atoms with Crippen LogP contribution in [0.25, 0.3) is 0 Å². The Morgan fingerprint density at radius 2 is 1.41 bits per heavy atom. The van der Waals surface area contributed by atoms with E-state index in [1.165, 1.54) is 44.2 Å². The molecule has 0 aromatic carbocycles. The second kappa shape index (κ2) is 5.84. The summed E-state index contributed by atoms with van der Waals surface area (Å²) in [5.74, 6) is 3.06. The van der Waals surface area contributed by atoms with Crippen LogP contribution in [0.5, 0.6) is 0 Å². The SMILES string of the molecule is CCN(CC)c1cc[n+](C23CC4CC(CC(C4)C2)C3)cc1.[OH-]. The number of aromatic nitrogens is 1. The van der Waals surface area contributed by atoms with Gasteiger partial charge in [0.25, 0.3) is 0 Å². The van der Waals surface area contributed by atoms with Crippen molar-refractivity contribution in [2.75, 3.05) is 18.0 Å². The quantitative estimate of drug-likeness (QED) is 0.797. The summed E-state index contributed by atoms with van der Waals surface area (Å²) in [6.07, 6.45) is 13.6. The maximum atomic E-state index is 2.59. The van der Waals surface area contributed by atoms with Crippen molar-refractivity contribution in [3.63, 3.8) is 0 Å². The molecule has 3 nitrogen and oxygen atoms in total. The first-order valence-electron chi connectivity index (χ1n) is 8.99. The van der Waals surface area contributed by atoms with Crippen LogP contribution < -0.4 is 9.47 Å². The summed E-state index contributed by atoms with van der Waals surface area (Å²) in [7, 11) is 0. The maximum absolute atomic E-state index is 2.59. The van der Waals surface area contributed by atoms with Crippen LogP contribution in [0.2, 0.25) is 0 Å². The fraction of sp³-hybridized carbons (Fsp3) is 0.737. The monoisotopic (exact) mass is 302 g/mol. The van der Waals surface area contributed by atoms with E-state index >= 15 is 0 Å². The summed E-state index contributed by atoms with van der Waals surface area (Å²) in [5, 5.41) is 0. The lowest BCUT2D eigenvalue weighted by Crippen LogP contribution is -2.64. The Hall–Kier alpha value is -1.09. The molecule has 0 saturated heterocycles. The van der Waals surface area contributed by atoms with E-state index < -0.39 is 0 Å². The van der Waals surface area contributed by atoms with Crippen LogP contribution in [0.3, 0.4) is 0 Å². The molecule has 22 heavy (non-hydrogen) atoms. The second-order valence-corrected chi connectivity index (χ2v) is 7.78. The van der Waals surface area contributed by atoms with Crippen molar-refractivity contribution in [3.05, 3.63) is 24.5 Å². The summed E-state index contributed by atoms with van der Waals surface area (Å²) >= 11 is 0. The van der Waals surface area contributed by atoms with Gasteiger partial charge in [0.1, 0.15) is 0 Å². The van der Waals surface area contributed by atoms with Crippen molar-refractivity contribution in [1.82, 2.24) is 0 Å². The highest BCUT2D eigenvalue weighted by molar-refractivity contribution is 5.43. The number of anilines is 1. The molecule has 4 saturated carbocycles. The van der Waals surface area contributed by atoms with Gasteiger partial charge in [-0.3, -0.25) is 0 Å². The minimum Gasteiger partial charge on any atom is -0.870 e. The van der Waals surface area contributed by atoms with Gasteiger partial charge in [0.15, 0.2) is 17.9 Å². The van der Waals surface area contributed by atoms with Crippen molar-refractivity contribution in [1.29, 1.82) is 0 Å². The molecule has 4 fully saturated rings. The lowest BCUT2D eigenvalue weighted by atomic mass is 9.53. The Kier molecular flexibility index (Phi) is 4.19. The molecule has 5 rings (SSSR count). The standard InChI is InChI=1S/C19H29N2.H2O/c1-3-20(4-2)18-5-7-21(8-6-18)19-12-15-9-16(13-19)11-17(10-15)14-19;/h5-8,15-17H,3-4,9-14H2,1-2H3;1H2/q+1;/p-1. The summed E-state index contributed by atoms with van der Waals surface area (Å²) in [6, 6.07) is 4.68. The number of rotatable bonds is 4. The van der Waals surface area contributed by atoms with Gasteiger partial charge in [0, 0.05) is 50.2 Å². The molecule has 0 aliphatic heterocycles. The van der Waals surface area contributed by atoms with Crippen molar-refractivity contribution < 1.29 is 10.0 Å². The molecule has 122 valence electrons. The third kappa shape index (κ3) is 2.44. The van der Waals surface area contributed by atoms with Gasteiger partial charge in [0.2, 0.25) is 0 Å².